The van der Waals surface area contributed by atoms with Crippen molar-refractivity contribution in [2.75, 3.05) is 13.7 Å². The van der Waals surface area contributed by atoms with E-state index in [9.17, 15) is 4.79 Å². The predicted octanol–water partition coefficient (Wildman–Crippen LogP) is 3.95. The molecule has 1 aromatic carbocycles. The summed E-state index contributed by atoms with van der Waals surface area (Å²) < 4.78 is 4.70. The molecule has 3 heteroatoms. The van der Waals surface area contributed by atoms with Crippen LogP contribution in [0.3, 0.4) is 0 Å². The van der Waals surface area contributed by atoms with Crippen molar-refractivity contribution in [3.63, 3.8) is 0 Å². The Labute approximate surface area is 133 Å². The molecule has 22 heavy (non-hydrogen) atoms. The van der Waals surface area contributed by atoms with Gasteiger partial charge >= 0.3 is 5.97 Å². The standard InChI is InChI=1S/C19H27NO2/c1-14-10-15(2)12-17(11-14)8-9-20-13-16-4-6-18(7-5-16)19(21)22-3/h4-7,15,17,20H,1,8-13H2,2-3H3. The first-order valence-corrected chi connectivity index (χ1v) is 8.13. The van der Waals surface area contributed by atoms with E-state index in [2.05, 4.69) is 18.8 Å². The average Bonchev–Trinajstić information content (AvgIpc) is 2.50. The molecule has 1 aliphatic carbocycles. The summed E-state index contributed by atoms with van der Waals surface area (Å²) in [5.74, 6) is 1.29. The molecule has 0 heterocycles. The molecule has 2 atom stereocenters. The molecule has 0 bridgehead atoms. The Kier molecular flexibility index (Phi) is 6.20. The number of hydrogen-bond donors (Lipinski definition) is 1. The number of methoxy groups -OCH3 is 1. The Hall–Kier alpha value is -1.61. The van der Waals surface area contributed by atoms with Crippen molar-refractivity contribution in [3.05, 3.63) is 47.5 Å². The van der Waals surface area contributed by atoms with Gasteiger partial charge in [0, 0.05) is 6.54 Å². The van der Waals surface area contributed by atoms with Crippen LogP contribution in [0.4, 0.5) is 0 Å². The van der Waals surface area contributed by atoms with Crippen molar-refractivity contribution in [2.24, 2.45) is 11.8 Å². The number of rotatable bonds is 6. The highest BCUT2D eigenvalue weighted by Crippen LogP contribution is 2.33. The minimum Gasteiger partial charge on any atom is -0.465 e. The van der Waals surface area contributed by atoms with Crippen molar-refractivity contribution in [1.29, 1.82) is 0 Å². The molecule has 1 saturated carbocycles. The minimum atomic E-state index is -0.286. The third-order valence-electron chi connectivity index (χ3n) is 4.38. The molecule has 3 nitrogen and oxygen atoms in total. The third kappa shape index (κ3) is 4.99. The summed E-state index contributed by atoms with van der Waals surface area (Å²) in [6.07, 6.45) is 4.94. The lowest BCUT2D eigenvalue weighted by atomic mass is 9.78. The number of esters is 1. The Balaban J connectivity index is 1.70. The van der Waals surface area contributed by atoms with E-state index in [-0.39, 0.29) is 5.97 Å². The van der Waals surface area contributed by atoms with E-state index in [1.807, 2.05) is 24.3 Å². The Morgan fingerprint density at radius 1 is 1.32 bits per heavy atom. The summed E-state index contributed by atoms with van der Waals surface area (Å²) in [4.78, 5) is 11.4. The highest BCUT2D eigenvalue weighted by Gasteiger charge is 2.20. The van der Waals surface area contributed by atoms with Gasteiger partial charge in [-0.1, -0.05) is 31.2 Å². The number of hydrogen-bond acceptors (Lipinski definition) is 3. The van der Waals surface area contributed by atoms with Crippen LogP contribution in [0.5, 0.6) is 0 Å². The smallest absolute Gasteiger partial charge is 0.337 e. The molecule has 1 aromatic rings. The number of benzene rings is 1. The fraction of sp³-hybridized carbons (Fsp3) is 0.526. The van der Waals surface area contributed by atoms with Crippen molar-refractivity contribution in [2.45, 2.75) is 39.2 Å². The second kappa shape index (κ2) is 8.14. The molecule has 0 aromatic heterocycles. The van der Waals surface area contributed by atoms with Crippen molar-refractivity contribution < 1.29 is 9.53 Å². The van der Waals surface area contributed by atoms with E-state index in [1.54, 1.807) is 0 Å². The lowest BCUT2D eigenvalue weighted by Gasteiger charge is -2.28. The SMILES string of the molecule is C=C1CC(C)CC(CCNCc2ccc(C(=O)OC)cc2)C1. The summed E-state index contributed by atoms with van der Waals surface area (Å²) in [7, 11) is 1.40. The van der Waals surface area contributed by atoms with Crippen LogP contribution in [-0.2, 0) is 11.3 Å². The van der Waals surface area contributed by atoms with Gasteiger partial charge in [0.1, 0.15) is 0 Å². The van der Waals surface area contributed by atoms with E-state index in [0.29, 0.717) is 5.56 Å². The quantitative estimate of drug-likeness (QED) is 0.491. The third-order valence-corrected chi connectivity index (χ3v) is 4.38. The molecule has 1 aliphatic rings. The molecule has 0 aliphatic heterocycles. The summed E-state index contributed by atoms with van der Waals surface area (Å²) in [6, 6.07) is 7.58. The highest BCUT2D eigenvalue weighted by molar-refractivity contribution is 5.89. The van der Waals surface area contributed by atoms with Gasteiger partial charge < -0.3 is 10.1 Å². The number of allylic oxidation sites excluding steroid dienone is 1. The van der Waals surface area contributed by atoms with Crippen LogP contribution in [0.25, 0.3) is 0 Å². The van der Waals surface area contributed by atoms with Crippen LogP contribution in [-0.4, -0.2) is 19.6 Å². The van der Waals surface area contributed by atoms with Crippen LogP contribution in [0, 0.1) is 11.8 Å². The Bertz CT molecular complexity index is 507. The molecule has 0 amide bonds. The zero-order valence-electron chi connectivity index (χ0n) is 13.7. The van der Waals surface area contributed by atoms with Crippen LogP contribution in [0.2, 0.25) is 0 Å². The maximum atomic E-state index is 11.4. The van der Waals surface area contributed by atoms with Crippen LogP contribution in [0.1, 0.15) is 48.5 Å². The zero-order chi connectivity index (χ0) is 15.9. The molecule has 1 fully saturated rings. The largest absolute Gasteiger partial charge is 0.465 e. The topological polar surface area (TPSA) is 38.3 Å². The molecule has 1 N–H and O–H groups in total. The fourth-order valence-corrected chi connectivity index (χ4v) is 3.36. The molecule has 0 spiro atoms. The monoisotopic (exact) mass is 301 g/mol. The molecule has 120 valence electrons. The molecule has 2 rings (SSSR count). The normalized spacial score (nSPS) is 21.6. The first-order chi connectivity index (χ1) is 10.6. The van der Waals surface area contributed by atoms with Crippen LogP contribution >= 0.6 is 0 Å². The van der Waals surface area contributed by atoms with Crippen LogP contribution < -0.4 is 5.32 Å². The molecular formula is C19H27NO2. The van der Waals surface area contributed by atoms with Crippen molar-refractivity contribution in [1.82, 2.24) is 5.32 Å². The number of nitrogens with one attached hydrogen (secondary N) is 1. The lowest BCUT2D eigenvalue weighted by molar-refractivity contribution is 0.0600. The van der Waals surface area contributed by atoms with Gasteiger partial charge in [-0.05, 0) is 61.8 Å². The summed E-state index contributed by atoms with van der Waals surface area (Å²) in [5, 5.41) is 3.50. The predicted molar refractivity (Wildman–Crippen MR) is 89.8 cm³/mol. The molecular weight excluding hydrogens is 274 g/mol. The summed E-state index contributed by atoms with van der Waals surface area (Å²) >= 11 is 0. The van der Waals surface area contributed by atoms with Crippen LogP contribution in [0.15, 0.2) is 36.4 Å². The van der Waals surface area contributed by atoms with Gasteiger partial charge in [-0.15, -0.1) is 0 Å². The Morgan fingerprint density at radius 2 is 2.05 bits per heavy atom. The first-order valence-electron chi connectivity index (χ1n) is 8.13. The summed E-state index contributed by atoms with van der Waals surface area (Å²) in [6.45, 7) is 8.36. The number of carbonyl (C=O) groups is 1. The van der Waals surface area contributed by atoms with E-state index < -0.39 is 0 Å². The number of carbonyl (C=O) groups excluding carboxylic acids is 1. The van der Waals surface area contributed by atoms with Crippen molar-refractivity contribution >= 4 is 5.97 Å². The fourth-order valence-electron chi connectivity index (χ4n) is 3.36. The zero-order valence-corrected chi connectivity index (χ0v) is 13.7. The van der Waals surface area contributed by atoms with Gasteiger partial charge in [0.2, 0.25) is 0 Å². The van der Waals surface area contributed by atoms with E-state index >= 15 is 0 Å². The maximum absolute atomic E-state index is 11.4. The average molecular weight is 301 g/mol. The van der Waals surface area contributed by atoms with Gasteiger partial charge in [0.05, 0.1) is 12.7 Å². The highest BCUT2D eigenvalue weighted by atomic mass is 16.5. The second-order valence-electron chi connectivity index (χ2n) is 6.52. The maximum Gasteiger partial charge on any atom is 0.337 e. The van der Waals surface area contributed by atoms with Gasteiger partial charge in [-0.2, -0.15) is 0 Å². The first kappa shape index (κ1) is 16.8. The van der Waals surface area contributed by atoms with E-state index in [1.165, 1.54) is 43.9 Å². The van der Waals surface area contributed by atoms with Gasteiger partial charge in [0.15, 0.2) is 0 Å². The molecule has 2 unspecified atom stereocenters. The van der Waals surface area contributed by atoms with E-state index in [0.717, 1.165) is 24.9 Å². The Morgan fingerprint density at radius 3 is 2.68 bits per heavy atom. The molecule has 0 saturated heterocycles. The second-order valence-corrected chi connectivity index (χ2v) is 6.52. The van der Waals surface area contributed by atoms with Gasteiger partial charge in [-0.25, -0.2) is 4.79 Å². The minimum absolute atomic E-state index is 0.286. The molecule has 0 radical (unpaired) electrons. The summed E-state index contributed by atoms with van der Waals surface area (Å²) in [5.41, 5.74) is 3.21. The lowest BCUT2D eigenvalue weighted by Crippen LogP contribution is -2.21. The number of ether oxygens (including phenoxy) is 1. The van der Waals surface area contributed by atoms with Gasteiger partial charge in [-0.3, -0.25) is 0 Å². The van der Waals surface area contributed by atoms with Crippen molar-refractivity contribution in [3.8, 4) is 0 Å². The van der Waals surface area contributed by atoms with E-state index in [4.69, 9.17) is 4.74 Å². The van der Waals surface area contributed by atoms with Gasteiger partial charge in [0.25, 0.3) is 0 Å².